The van der Waals surface area contributed by atoms with Gasteiger partial charge in [0.15, 0.2) is 6.17 Å². The molecule has 0 saturated carbocycles. The molecule has 1 aliphatic rings. The summed E-state index contributed by atoms with van der Waals surface area (Å²) in [6, 6.07) is 5.40. The van der Waals surface area contributed by atoms with Crippen LogP contribution in [0.15, 0.2) is 24.3 Å². The lowest BCUT2D eigenvalue weighted by Gasteiger charge is -2.26. The summed E-state index contributed by atoms with van der Waals surface area (Å²) in [6.07, 6.45) is -1.30. The quantitative estimate of drug-likeness (QED) is 0.668. The molecule has 0 aromatic heterocycles. The molecule has 3 N–H and O–H groups in total. The summed E-state index contributed by atoms with van der Waals surface area (Å²) in [5.74, 6) is -2.31. The molecule has 2 rings (SSSR count). The zero-order valence-corrected chi connectivity index (χ0v) is 14.6. The fraction of sp³-hybridized carbons (Fsp3) is 0.429. The number of halogens is 1. The average molecular weight is 376 g/mol. The van der Waals surface area contributed by atoms with E-state index in [9.17, 15) is 23.1 Å². The molecule has 0 radical (unpaired) electrons. The molecule has 1 aromatic carbocycles. The standard InChI is InChI=1S/C14H18ClN3O5S/c1-8(2)11(14(20)21)16-12-13(19)17-24(22,23)18(12)7-9-3-5-10(15)6-4-9/h3-6,8,11-12,16H,7H2,1-2H3,(H,17,19)(H,20,21)/t11-,12+/m0/s1. The Morgan fingerprint density at radius 2 is 1.96 bits per heavy atom. The number of carboxylic acids is 1. The van der Waals surface area contributed by atoms with Crippen molar-refractivity contribution in [1.29, 1.82) is 0 Å². The first kappa shape index (κ1) is 18.7. The predicted octanol–water partition coefficient (Wildman–Crippen LogP) is 0.541. The molecule has 1 amide bonds. The highest BCUT2D eigenvalue weighted by Gasteiger charge is 2.45. The molecular weight excluding hydrogens is 358 g/mol. The lowest BCUT2D eigenvalue weighted by atomic mass is 10.0. The number of nitrogens with zero attached hydrogens (tertiary/aromatic N) is 1. The Morgan fingerprint density at radius 1 is 1.38 bits per heavy atom. The van der Waals surface area contributed by atoms with Crippen molar-refractivity contribution >= 4 is 33.7 Å². The van der Waals surface area contributed by atoms with Crippen LogP contribution in [0.5, 0.6) is 0 Å². The molecule has 1 aliphatic heterocycles. The van der Waals surface area contributed by atoms with Gasteiger partial charge in [0.1, 0.15) is 6.04 Å². The van der Waals surface area contributed by atoms with Gasteiger partial charge in [-0.1, -0.05) is 37.6 Å². The largest absolute Gasteiger partial charge is 0.480 e. The van der Waals surface area contributed by atoms with Crippen molar-refractivity contribution in [2.45, 2.75) is 32.6 Å². The third kappa shape index (κ3) is 4.04. The topological polar surface area (TPSA) is 116 Å². The van der Waals surface area contributed by atoms with Gasteiger partial charge in [0.2, 0.25) is 0 Å². The summed E-state index contributed by atoms with van der Waals surface area (Å²) in [7, 11) is -4.05. The maximum atomic E-state index is 12.2. The fourth-order valence-electron chi connectivity index (χ4n) is 2.33. The summed E-state index contributed by atoms with van der Waals surface area (Å²) in [5, 5.41) is 12.4. The summed E-state index contributed by atoms with van der Waals surface area (Å²) >= 11 is 5.80. The molecule has 10 heteroatoms. The number of carbonyl (C=O) groups is 2. The van der Waals surface area contributed by atoms with E-state index in [1.54, 1.807) is 38.1 Å². The average Bonchev–Trinajstić information content (AvgIpc) is 2.67. The Labute approximate surface area is 145 Å². The molecule has 1 fully saturated rings. The molecule has 0 unspecified atom stereocenters. The summed E-state index contributed by atoms with van der Waals surface area (Å²) < 4.78 is 27.1. The normalized spacial score (nSPS) is 21.7. The summed E-state index contributed by atoms with van der Waals surface area (Å²) in [6.45, 7) is 3.23. The third-order valence-corrected chi connectivity index (χ3v) is 5.26. The smallest absolute Gasteiger partial charge is 0.321 e. The number of carboxylic acid groups (broad SMARTS) is 1. The number of carbonyl (C=O) groups excluding carboxylic acids is 1. The Balaban J connectivity index is 2.28. The number of nitrogens with one attached hydrogen (secondary N) is 2. The maximum Gasteiger partial charge on any atom is 0.321 e. The van der Waals surface area contributed by atoms with Crippen LogP contribution in [0.25, 0.3) is 0 Å². The second kappa shape index (κ2) is 7.06. The fourth-order valence-corrected chi connectivity index (χ4v) is 3.70. The predicted molar refractivity (Wildman–Crippen MR) is 87.2 cm³/mol. The number of benzene rings is 1. The van der Waals surface area contributed by atoms with E-state index in [0.717, 1.165) is 4.31 Å². The molecule has 1 heterocycles. The molecule has 132 valence electrons. The van der Waals surface area contributed by atoms with Gasteiger partial charge in [-0.3, -0.25) is 14.9 Å². The van der Waals surface area contributed by atoms with E-state index in [-0.39, 0.29) is 12.5 Å². The zero-order chi connectivity index (χ0) is 18.1. The van der Waals surface area contributed by atoms with Crippen LogP contribution in [-0.4, -0.2) is 41.9 Å². The van der Waals surface area contributed by atoms with Crippen molar-refractivity contribution in [2.75, 3.05) is 0 Å². The van der Waals surface area contributed by atoms with Gasteiger partial charge in [-0.2, -0.15) is 12.7 Å². The van der Waals surface area contributed by atoms with Crippen LogP contribution in [-0.2, 0) is 26.3 Å². The monoisotopic (exact) mass is 375 g/mol. The van der Waals surface area contributed by atoms with Crippen molar-refractivity contribution in [3.8, 4) is 0 Å². The number of amides is 1. The number of rotatable bonds is 6. The molecule has 24 heavy (non-hydrogen) atoms. The molecule has 0 aliphatic carbocycles. The van der Waals surface area contributed by atoms with Crippen LogP contribution >= 0.6 is 11.6 Å². The maximum absolute atomic E-state index is 12.2. The van der Waals surface area contributed by atoms with Gasteiger partial charge >= 0.3 is 16.2 Å². The van der Waals surface area contributed by atoms with Gasteiger partial charge in [0.25, 0.3) is 5.91 Å². The van der Waals surface area contributed by atoms with Gasteiger partial charge in [-0.25, -0.2) is 4.72 Å². The highest BCUT2D eigenvalue weighted by molar-refractivity contribution is 7.88. The van der Waals surface area contributed by atoms with Gasteiger partial charge in [0.05, 0.1) is 0 Å². The summed E-state index contributed by atoms with van der Waals surface area (Å²) in [4.78, 5) is 23.3. The van der Waals surface area contributed by atoms with Crippen molar-refractivity contribution in [3.63, 3.8) is 0 Å². The van der Waals surface area contributed by atoms with E-state index in [2.05, 4.69) is 5.32 Å². The van der Waals surface area contributed by atoms with Crippen molar-refractivity contribution < 1.29 is 23.1 Å². The van der Waals surface area contributed by atoms with E-state index in [1.807, 2.05) is 4.72 Å². The van der Waals surface area contributed by atoms with Crippen LogP contribution < -0.4 is 10.0 Å². The van der Waals surface area contributed by atoms with E-state index in [1.165, 1.54) is 0 Å². The van der Waals surface area contributed by atoms with Crippen molar-refractivity contribution in [1.82, 2.24) is 14.3 Å². The molecule has 0 bridgehead atoms. The van der Waals surface area contributed by atoms with Crippen LogP contribution in [0.1, 0.15) is 19.4 Å². The lowest BCUT2D eigenvalue weighted by molar-refractivity contribution is -0.141. The Hall–Kier alpha value is -1.68. The first-order valence-electron chi connectivity index (χ1n) is 7.18. The Kier molecular flexibility index (Phi) is 5.49. The van der Waals surface area contributed by atoms with E-state index < -0.39 is 34.3 Å². The van der Waals surface area contributed by atoms with Crippen LogP contribution in [0.2, 0.25) is 5.02 Å². The first-order valence-corrected chi connectivity index (χ1v) is 9.00. The van der Waals surface area contributed by atoms with Crippen LogP contribution in [0.3, 0.4) is 0 Å². The molecule has 1 saturated heterocycles. The SMILES string of the molecule is CC(C)[C@H](N[C@H]1C(=O)NS(=O)(=O)N1Cc1ccc(Cl)cc1)C(=O)O. The van der Waals surface area contributed by atoms with E-state index in [0.29, 0.717) is 10.6 Å². The van der Waals surface area contributed by atoms with Crippen molar-refractivity contribution in [3.05, 3.63) is 34.9 Å². The molecule has 0 spiro atoms. The molecule has 8 nitrogen and oxygen atoms in total. The van der Waals surface area contributed by atoms with E-state index >= 15 is 0 Å². The number of aliphatic carboxylic acids is 1. The van der Waals surface area contributed by atoms with Crippen LogP contribution in [0, 0.1) is 5.92 Å². The minimum atomic E-state index is -4.05. The highest BCUT2D eigenvalue weighted by atomic mass is 35.5. The molecule has 2 atom stereocenters. The van der Waals surface area contributed by atoms with Crippen molar-refractivity contribution in [2.24, 2.45) is 5.92 Å². The van der Waals surface area contributed by atoms with Gasteiger partial charge in [-0.05, 0) is 23.6 Å². The lowest BCUT2D eigenvalue weighted by Crippen LogP contribution is -2.54. The van der Waals surface area contributed by atoms with Crippen LogP contribution in [0.4, 0.5) is 0 Å². The van der Waals surface area contributed by atoms with Gasteiger partial charge < -0.3 is 5.11 Å². The Bertz CT molecular complexity index is 735. The minimum Gasteiger partial charge on any atom is -0.480 e. The van der Waals surface area contributed by atoms with Gasteiger partial charge in [0, 0.05) is 11.6 Å². The second-order valence-corrected chi connectivity index (χ2v) is 7.83. The van der Waals surface area contributed by atoms with Gasteiger partial charge in [-0.15, -0.1) is 0 Å². The number of hydrogen-bond donors (Lipinski definition) is 3. The highest BCUT2D eigenvalue weighted by Crippen LogP contribution is 2.19. The Morgan fingerprint density at radius 3 is 2.46 bits per heavy atom. The third-order valence-electron chi connectivity index (χ3n) is 3.60. The number of hydrogen-bond acceptors (Lipinski definition) is 5. The summed E-state index contributed by atoms with van der Waals surface area (Å²) in [5.41, 5.74) is 0.614. The molecular formula is C14H18ClN3O5S. The molecule has 1 aromatic rings. The minimum absolute atomic E-state index is 0.0969. The zero-order valence-electron chi connectivity index (χ0n) is 13.1. The second-order valence-electron chi connectivity index (χ2n) is 5.77. The first-order chi connectivity index (χ1) is 11.1. The van der Waals surface area contributed by atoms with E-state index in [4.69, 9.17) is 11.6 Å².